The number of carbonyl (C=O) groups is 2. The minimum atomic E-state index is -0.830. The molecule has 1 aromatic heterocycles. The van der Waals surface area contributed by atoms with Gasteiger partial charge in [-0.3, -0.25) is 14.3 Å². The van der Waals surface area contributed by atoms with Crippen LogP contribution in [0.2, 0.25) is 0 Å². The molecule has 0 saturated carbocycles. The van der Waals surface area contributed by atoms with Crippen molar-refractivity contribution in [2.24, 2.45) is 0 Å². The van der Waals surface area contributed by atoms with Crippen LogP contribution in [0.1, 0.15) is 24.8 Å². The summed E-state index contributed by atoms with van der Waals surface area (Å²) in [7, 11) is 0. The molecule has 36 heavy (non-hydrogen) atoms. The van der Waals surface area contributed by atoms with Gasteiger partial charge in [0.25, 0.3) is 0 Å². The van der Waals surface area contributed by atoms with Crippen molar-refractivity contribution in [1.29, 1.82) is 0 Å². The topological polar surface area (TPSA) is 85.7 Å². The maximum atomic E-state index is 13.6. The third-order valence-corrected chi connectivity index (χ3v) is 5.76. The predicted octanol–water partition coefficient (Wildman–Crippen LogP) is 3.95. The molecule has 190 valence electrons. The number of rotatable bonds is 9. The smallest absolute Gasteiger partial charge is 0.244 e. The zero-order chi connectivity index (χ0) is 25.5. The van der Waals surface area contributed by atoms with Crippen molar-refractivity contribution in [2.45, 2.75) is 38.8 Å². The Kier molecular flexibility index (Phi) is 8.14. The normalized spacial score (nSPS) is 15.4. The average molecular weight is 499 g/mol. The number of hydrogen-bond acceptors (Lipinski definition) is 5. The summed E-state index contributed by atoms with van der Waals surface area (Å²) in [4.78, 5) is 26.7. The number of piperidine rings is 1. The van der Waals surface area contributed by atoms with Gasteiger partial charge in [-0.2, -0.15) is 5.10 Å². The van der Waals surface area contributed by atoms with Gasteiger partial charge in [0.1, 0.15) is 18.4 Å². The van der Waals surface area contributed by atoms with E-state index in [4.69, 9.17) is 9.47 Å². The third-order valence-electron chi connectivity index (χ3n) is 5.76. The number of likely N-dealkylation sites (tertiary alicyclic amines) is 1. The number of halogens is 2. The number of benzene rings is 2. The SMILES string of the molecule is Cc1ccc(OC2CCCN(C(=O)Cn3cc(NC(=O)CCOc4c(F)cccc4F)cn3)C2)cc1. The minimum absolute atomic E-state index is 0.0305. The van der Waals surface area contributed by atoms with Crippen molar-refractivity contribution in [2.75, 3.05) is 25.0 Å². The molecule has 8 nitrogen and oxygen atoms in total. The molecule has 4 rings (SSSR count). The Bertz CT molecular complexity index is 1180. The Balaban J connectivity index is 1.22. The van der Waals surface area contributed by atoms with Gasteiger partial charge in [-0.05, 0) is 44.0 Å². The van der Waals surface area contributed by atoms with Crippen LogP contribution in [0.15, 0.2) is 54.9 Å². The van der Waals surface area contributed by atoms with Gasteiger partial charge in [0.05, 0.1) is 31.5 Å². The van der Waals surface area contributed by atoms with Crippen molar-refractivity contribution < 1.29 is 27.8 Å². The Morgan fingerprint density at radius 1 is 1.14 bits per heavy atom. The van der Waals surface area contributed by atoms with E-state index < -0.39 is 23.3 Å². The number of aromatic nitrogens is 2. The van der Waals surface area contributed by atoms with Gasteiger partial charge in [-0.15, -0.1) is 0 Å². The van der Waals surface area contributed by atoms with Crippen molar-refractivity contribution >= 4 is 17.5 Å². The fraction of sp³-hybridized carbons (Fsp3) is 0.346. The molecule has 2 aromatic carbocycles. The third kappa shape index (κ3) is 6.80. The fourth-order valence-corrected chi connectivity index (χ4v) is 3.91. The lowest BCUT2D eigenvalue weighted by Gasteiger charge is -2.33. The molecular formula is C26H28F2N4O4. The van der Waals surface area contributed by atoms with Crippen molar-refractivity contribution in [3.05, 3.63) is 72.1 Å². The lowest BCUT2D eigenvalue weighted by molar-refractivity contribution is -0.134. The summed E-state index contributed by atoms with van der Waals surface area (Å²) in [5.74, 6) is -1.89. The molecule has 0 radical (unpaired) electrons. The number of nitrogens with zero attached hydrogens (tertiary/aromatic N) is 3. The zero-order valence-corrected chi connectivity index (χ0v) is 20.0. The van der Waals surface area contributed by atoms with Crippen LogP contribution in [-0.2, 0) is 16.1 Å². The molecular weight excluding hydrogens is 470 g/mol. The van der Waals surface area contributed by atoms with Crippen LogP contribution in [0.5, 0.6) is 11.5 Å². The number of carbonyl (C=O) groups excluding carboxylic acids is 2. The van der Waals surface area contributed by atoms with Crippen LogP contribution in [0.3, 0.4) is 0 Å². The molecule has 0 bridgehead atoms. The molecule has 2 heterocycles. The number of amides is 2. The monoisotopic (exact) mass is 498 g/mol. The Hall–Kier alpha value is -3.95. The number of ether oxygens (including phenoxy) is 2. The van der Waals surface area contributed by atoms with Gasteiger partial charge >= 0.3 is 0 Å². The summed E-state index contributed by atoms with van der Waals surface area (Å²) >= 11 is 0. The minimum Gasteiger partial charge on any atom is -0.489 e. The largest absolute Gasteiger partial charge is 0.489 e. The summed E-state index contributed by atoms with van der Waals surface area (Å²) in [6.07, 6.45) is 4.52. The van der Waals surface area contributed by atoms with Crippen LogP contribution >= 0.6 is 0 Å². The summed E-state index contributed by atoms with van der Waals surface area (Å²) in [5, 5.41) is 6.78. The summed E-state index contributed by atoms with van der Waals surface area (Å²) in [6, 6.07) is 11.2. The lowest BCUT2D eigenvalue weighted by atomic mass is 10.1. The van der Waals surface area contributed by atoms with Crippen LogP contribution < -0.4 is 14.8 Å². The van der Waals surface area contributed by atoms with E-state index in [-0.39, 0.29) is 31.6 Å². The number of hydrogen-bond donors (Lipinski definition) is 1. The maximum Gasteiger partial charge on any atom is 0.244 e. The van der Waals surface area contributed by atoms with E-state index in [0.29, 0.717) is 18.8 Å². The molecule has 1 aliphatic heterocycles. The molecule has 0 aliphatic carbocycles. The summed E-state index contributed by atoms with van der Waals surface area (Å²) < 4.78 is 39.7. The molecule has 1 N–H and O–H groups in total. The lowest BCUT2D eigenvalue weighted by Crippen LogP contribution is -2.45. The first-order valence-corrected chi connectivity index (χ1v) is 11.8. The highest BCUT2D eigenvalue weighted by Crippen LogP contribution is 2.21. The fourth-order valence-electron chi connectivity index (χ4n) is 3.91. The number of nitrogens with one attached hydrogen (secondary N) is 1. The number of aryl methyl sites for hydroxylation is 1. The molecule has 1 unspecified atom stereocenters. The van der Waals surface area contributed by atoms with Gasteiger partial charge in [0, 0.05) is 12.7 Å². The van der Waals surface area contributed by atoms with Crippen LogP contribution in [0.4, 0.5) is 14.5 Å². The number of para-hydroxylation sites is 1. The molecule has 2 amide bonds. The molecule has 1 aliphatic rings. The highest BCUT2D eigenvalue weighted by atomic mass is 19.1. The van der Waals surface area contributed by atoms with Crippen molar-refractivity contribution in [3.8, 4) is 11.5 Å². The zero-order valence-electron chi connectivity index (χ0n) is 20.0. The average Bonchev–Trinajstić information content (AvgIpc) is 3.29. The van der Waals surface area contributed by atoms with Crippen LogP contribution in [0, 0.1) is 18.6 Å². The van der Waals surface area contributed by atoms with E-state index in [2.05, 4.69) is 10.4 Å². The molecule has 10 heteroatoms. The van der Waals surface area contributed by atoms with E-state index >= 15 is 0 Å². The standard InChI is InChI=1S/C26H28F2N4O4/c1-18-7-9-20(10-8-18)36-21-4-3-12-31(16-21)25(34)17-32-15-19(14-29-32)30-24(33)11-13-35-26-22(27)5-2-6-23(26)28/h2,5-10,14-15,21H,3-4,11-13,16-17H2,1H3,(H,30,33). The van der Waals surface area contributed by atoms with Crippen molar-refractivity contribution in [3.63, 3.8) is 0 Å². The second kappa shape index (κ2) is 11.7. The van der Waals surface area contributed by atoms with Crippen LogP contribution in [0.25, 0.3) is 0 Å². The predicted molar refractivity (Wildman–Crippen MR) is 129 cm³/mol. The van der Waals surface area contributed by atoms with E-state index in [1.165, 1.54) is 16.9 Å². The second-order valence-electron chi connectivity index (χ2n) is 8.66. The first-order chi connectivity index (χ1) is 17.4. The Morgan fingerprint density at radius 3 is 2.64 bits per heavy atom. The van der Waals surface area contributed by atoms with Gasteiger partial charge < -0.3 is 19.7 Å². The van der Waals surface area contributed by atoms with E-state index in [9.17, 15) is 18.4 Å². The van der Waals surface area contributed by atoms with E-state index in [0.717, 1.165) is 36.3 Å². The van der Waals surface area contributed by atoms with Gasteiger partial charge in [-0.25, -0.2) is 8.78 Å². The molecule has 1 saturated heterocycles. The highest BCUT2D eigenvalue weighted by molar-refractivity contribution is 5.90. The summed E-state index contributed by atoms with van der Waals surface area (Å²) in [5.41, 5.74) is 1.56. The van der Waals surface area contributed by atoms with Gasteiger partial charge in [0.2, 0.25) is 11.8 Å². The first-order valence-electron chi connectivity index (χ1n) is 11.8. The van der Waals surface area contributed by atoms with E-state index in [1.807, 2.05) is 31.2 Å². The highest BCUT2D eigenvalue weighted by Gasteiger charge is 2.25. The first kappa shape index (κ1) is 25.2. The second-order valence-corrected chi connectivity index (χ2v) is 8.66. The van der Waals surface area contributed by atoms with Gasteiger partial charge in [-0.1, -0.05) is 23.8 Å². The Morgan fingerprint density at radius 2 is 1.89 bits per heavy atom. The summed E-state index contributed by atoms with van der Waals surface area (Å²) in [6.45, 7) is 3.00. The molecule has 0 spiro atoms. The number of anilines is 1. The molecule has 3 aromatic rings. The van der Waals surface area contributed by atoms with Crippen LogP contribution in [-0.4, -0.2) is 52.3 Å². The Labute approximate surface area is 207 Å². The van der Waals surface area contributed by atoms with Crippen molar-refractivity contribution in [1.82, 2.24) is 14.7 Å². The quantitative estimate of drug-likeness (QED) is 0.483. The van der Waals surface area contributed by atoms with E-state index in [1.54, 1.807) is 11.1 Å². The molecule has 1 fully saturated rings. The maximum absolute atomic E-state index is 13.6. The van der Waals surface area contributed by atoms with Gasteiger partial charge in [0.15, 0.2) is 17.4 Å². The molecule has 1 atom stereocenters.